The Balaban J connectivity index is 2.44. The maximum absolute atomic E-state index is 12.4. The molecule has 1 heterocycles. The second-order valence-corrected chi connectivity index (χ2v) is 5.46. The summed E-state index contributed by atoms with van der Waals surface area (Å²) < 4.78 is 0. The molecule has 1 aromatic carbocycles. The van der Waals surface area contributed by atoms with Gasteiger partial charge in [0.05, 0.1) is 10.6 Å². The van der Waals surface area contributed by atoms with Crippen molar-refractivity contribution in [2.45, 2.75) is 19.4 Å². The molecule has 94 valence electrons. The number of Topliss-reactive ketones (excluding diaryl/α,β-unsaturated/α-hetero) is 1. The van der Waals surface area contributed by atoms with Crippen LogP contribution >= 0.6 is 23.2 Å². The smallest absolute Gasteiger partial charge is 0.277 e. The first-order valence-corrected chi connectivity index (χ1v) is 6.04. The van der Waals surface area contributed by atoms with E-state index < -0.39 is 23.1 Å². The summed E-state index contributed by atoms with van der Waals surface area (Å²) in [7, 11) is 0. The average Bonchev–Trinajstić information content (AvgIpc) is 2.56. The highest BCUT2D eigenvalue weighted by Crippen LogP contribution is 2.34. The average molecular weight is 285 g/mol. The van der Waals surface area contributed by atoms with Gasteiger partial charge < -0.3 is 0 Å². The quantitative estimate of drug-likeness (QED) is 0.616. The molecule has 0 N–H and O–H groups in total. The van der Waals surface area contributed by atoms with Crippen LogP contribution in [0, 0.1) is 5.92 Å². The van der Waals surface area contributed by atoms with Crippen LogP contribution < -0.4 is 0 Å². The Labute approximate surface area is 114 Å². The van der Waals surface area contributed by atoms with Crippen LogP contribution in [0.3, 0.4) is 0 Å². The molecule has 1 amide bonds. The molecular formula is C12H10Cl2N2O2. The van der Waals surface area contributed by atoms with E-state index in [1.54, 1.807) is 19.9 Å². The van der Waals surface area contributed by atoms with Crippen LogP contribution in [0.25, 0.3) is 0 Å². The van der Waals surface area contributed by atoms with Gasteiger partial charge in [-0.2, -0.15) is 5.11 Å². The Hall–Kier alpha value is -1.26. The van der Waals surface area contributed by atoms with Gasteiger partial charge in [-0.05, 0) is 32.0 Å². The Morgan fingerprint density at radius 3 is 2.56 bits per heavy atom. The maximum atomic E-state index is 12.4. The van der Waals surface area contributed by atoms with Crippen LogP contribution in [0.15, 0.2) is 28.4 Å². The van der Waals surface area contributed by atoms with Gasteiger partial charge in [-0.3, -0.25) is 9.59 Å². The first-order chi connectivity index (χ1) is 8.33. The van der Waals surface area contributed by atoms with Crippen LogP contribution in [0.1, 0.15) is 24.2 Å². The summed E-state index contributed by atoms with van der Waals surface area (Å²) >= 11 is 11.8. The summed E-state index contributed by atoms with van der Waals surface area (Å²) in [5.74, 6) is -1.88. The molecule has 18 heavy (non-hydrogen) atoms. The molecule has 0 radical (unpaired) electrons. The highest BCUT2D eigenvalue weighted by Gasteiger charge is 2.46. The van der Waals surface area contributed by atoms with E-state index >= 15 is 0 Å². The number of carbonyl (C=O) groups is 2. The minimum atomic E-state index is -0.937. The number of amides is 1. The second-order valence-electron chi connectivity index (χ2n) is 4.61. The Bertz CT molecular complexity index is 567. The summed E-state index contributed by atoms with van der Waals surface area (Å²) in [4.78, 5) is 24.0. The third-order valence-electron chi connectivity index (χ3n) is 2.82. The van der Waals surface area contributed by atoms with Gasteiger partial charge >= 0.3 is 0 Å². The van der Waals surface area contributed by atoms with E-state index in [1.807, 2.05) is 0 Å². The Morgan fingerprint density at radius 2 is 2.00 bits per heavy atom. The molecule has 2 rings (SSSR count). The predicted molar refractivity (Wildman–Crippen MR) is 68.2 cm³/mol. The maximum Gasteiger partial charge on any atom is 0.277 e. The van der Waals surface area contributed by atoms with Gasteiger partial charge in [-0.15, -0.1) is 5.11 Å². The standard InChI is InChI=1S/C12H10Cl2N2O2/c1-12(2)9(11(18)15-16-12)10(17)7-5-6(13)3-4-8(7)14/h3-5,9H,1-2H3. The number of benzene rings is 1. The minimum Gasteiger partial charge on any atom is -0.293 e. The molecule has 4 nitrogen and oxygen atoms in total. The molecule has 0 aliphatic carbocycles. The number of carbonyl (C=O) groups excluding carboxylic acids is 2. The van der Waals surface area contributed by atoms with E-state index in [4.69, 9.17) is 23.2 Å². The van der Waals surface area contributed by atoms with Crippen LogP contribution in [0.4, 0.5) is 0 Å². The normalized spacial score (nSPS) is 21.3. The van der Waals surface area contributed by atoms with E-state index in [9.17, 15) is 9.59 Å². The fourth-order valence-electron chi connectivity index (χ4n) is 1.87. The summed E-state index contributed by atoms with van der Waals surface area (Å²) in [6, 6.07) is 4.56. The topological polar surface area (TPSA) is 58.9 Å². The molecule has 0 aromatic heterocycles. The van der Waals surface area contributed by atoms with Gasteiger partial charge in [-0.1, -0.05) is 23.2 Å². The van der Waals surface area contributed by atoms with Gasteiger partial charge in [0, 0.05) is 10.6 Å². The van der Waals surface area contributed by atoms with Crippen molar-refractivity contribution in [3.05, 3.63) is 33.8 Å². The molecule has 1 aliphatic rings. The largest absolute Gasteiger partial charge is 0.293 e. The van der Waals surface area contributed by atoms with E-state index in [0.717, 1.165) is 0 Å². The number of nitrogens with zero attached hydrogens (tertiary/aromatic N) is 2. The SMILES string of the molecule is CC1(C)N=NC(=O)C1C(=O)c1cc(Cl)ccc1Cl. The molecule has 0 saturated heterocycles. The lowest BCUT2D eigenvalue weighted by Crippen LogP contribution is -2.36. The molecular weight excluding hydrogens is 275 g/mol. The van der Waals surface area contributed by atoms with Crippen LogP contribution in [0.2, 0.25) is 10.0 Å². The van der Waals surface area contributed by atoms with Crippen LogP contribution in [-0.4, -0.2) is 17.2 Å². The van der Waals surface area contributed by atoms with Crippen molar-refractivity contribution in [2.24, 2.45) is 16.1 Å². The van der Waals surface area contributed by atoms with Crippen molar-refractivity contribution in [1.82, 2.24) is 0 Å². The van der Waals surface area contributed by atoms with Crippen molar-refractivity contribution >= 4 is 34.9 Å². The van der Waals surface area contributed by atoms with E-state index in [0.29, 0.717) is 5.02 Å². The molecule has 0 saturated carbocycles. The zero-order valence-electron chi connectivity index (χ0n) is 9.78. The van der Waals surface area contributed by atoms with Crippen molar-refractivity contribution in [3.8, 4) is 0 Å². The van der Waals surface area contributed by atoms with Gasteiger partial charge in [0.1, 0.15) is 5.92 Å². The van der Waals surface area contributed by atoms with Crippen molar-refractivity contribution in [1.29, 1.82) is 0 Å². The third kappa shape index (κ3) is 2.18. The van der Waals surface area contributed by atoms with E-state index in [-0.39, 0.29) is 10.6 Å². The highest BCUT2D eigenvalue weighted by molar-refractivity contribution is 6.36. The van der Waals surface area contributed by atoms with Gasteiger partial charge in [0.2, 0.25) is 0 Å². The fourth-order valence-corrected chi connectivity index (χ4v) is 2.25. The molecule has 0 fully saturated rings. The van der Waals surface area contributed by atoms with Crippen LogP contribution in [0.5, 0.6) is 0 Å². The molecule has 1 aromatic rings. The molecule has 6 heteroatoms. The van der Waals surface area contributed by atoms with E-state index in [1.165, 1.54) is 12.1 Å². The van der Waals surface area contributed by atoms with Gasteiger partial charge in [0.15, 0.2) is 5.78 Å². The zero-order chi connectivity index (χ0) is 13.5. The molecule has 1 unspecified atom stereocenters. The minimum absolute atomic E-state index is 0.225. The molecule has 0 bridgehead atoms. The molecule has 0 spiro atoms. The highest BCUT2D eigenvalue weighted by atomic mass is 35.5. The van der Waals surface area contributed by atoms with Crippen molar-refractivity contribution < 1.29 is 9.59 Å². The molecule has 1 aliphatic heterocycles. The van der Waals surface area contributed by atoms with Crippen LogP contribution in [-0.2, 0) is 4.79 Å². The summed E-state index contributed by atoms with van der Waals surface area (Å²) in [5.41, 5.74) is -0.623. The Morgan fingerprint density at radius 1 is 1.33 bits per heavy atom. The number of ketones is 1. The first-order valence-electron chi connectivity index (χ1n) is 5.29. The van der Waals surface area contributed by atoms with Crippen molar-refractivity contribution in [3.63, 3.8) is 0 Å². The first kappa shape index (κ1) is 13.2. The lowest BCUT2D eigenvalue weighted by atomic mass is 9.83. The monoisotopic (exact) mass is 284 g/mol. The second kappa shape index (κ2) is 4.44. The zero-order valence-corrected chi connectivity index (χ0v) is 11.3. The number of rotatable bonds is 2. The summed E-state index contributed by atoms with van der Waals surface area (Å²) in [6.07, 6.45) is 0. The number of halogens is 2. The predicted octanol–water partition coefficient (Wildman–Crippen LogP) is 3.56. The molecule has 1 atom stereocenters. The van der Waals surface area contributed by atoms with Gasteiger partial charge in [-0.25, -0.2) is 0 Å². The number of azo groups is 1. The lowest BCUT2D eigenvalue weighted by molar-refractivity contribution is -0.119. The number of hydrogen-bond acceptors (Lipinski definition) is 3. The summed E-state index contributed by atoms with van der Waals surface area (Å²) in [6.45, 7) is 3.37. The van der Waals surface area contributed by atoms with Gasteiger partial charge in [0.25, 0.3) is 5.91 Å². The number of hydrogen-bond donors (Lipinski definition) is 0. The fraction of sp³-hybridized carbons (Fsp3) is 0.333. The van der Waals surface area contributed by atoms with E-state index in [2.05, 4.69) is 10.2 Å². The Kier molecular flexibility index (Phi) is 3.25. The van der Waals surface area contributed by atoms with Crippen molar-refractivity contribution in [2.75, 3.05) is 0 Å². The summed E-state index contributed by atoms with van der Waals surface area (Å²) in [5, 5.41) is 7.92. The lowest BCUT2D eigenvalue weighted by Gasteiger charge is -2.20. The third-order valence-corrected chi connectivity index (χ3v) is 3.38.